The van der Waals surface area contributed by atoms with E-state index in [4.69, 9.17) is 5.26 Å². The number of benzene rings is 1. The number of anilines is 2. The number of H-pyrrole nitrogens is 1. The van der Waals surface area contributed by atoms with Crippen LogP contribution in [0.25, 0.3) is 11.3 Å². The standard InChI is InChI=1S/C15H12N6O/c1-9-12(7-16)17-8-15(18-9)19-14-6-11(20-21-14)10-4-2-3-5-13(10)22/h2-6,8,22H,1H3,(H2,18,19,20,21). The predicted octanol–water partition coefficient (Wildman–Crippen LogP) is 2.50. The molecule has 0 atom stereocenters. The van der Waals surface area contributed by atoms with Crippen LogP contribution in [-0.2, 0) is 0 Å². The Balaban J connectivity index is 1.85. The molecule has 0 saturated carbocycles. The molecule has 7 nitrogen and oxygen atoms in total. The van der Waals surface area contributed by atoms with Crippen LogP contribution in [-0.4, -0.2) is 25.3 Å². The van der Waals surface area contributed by atoms with E-state index in [9.17, 15) is 5.11 Å². The zero-order valence-electron chi connectivity index (χ0n) is 11.7. The molecule has 0 fully saturated rings. The van der Waals surface area contributed by atoms with Gasteiger partial charge < -0.3 is 10.4 Å². The summed E-state index contributed by atoms with van der Waals surface area (Å²) in [5.74, 6) is 1.20. The molecule has 3 N–H and O–H groups in total. The summed E-state index contributed by atoms with van der Waals surface area (Å²) in [5.41, 5.74) is 2.18. The molecule has 0 aliphatic carbocycles. The lowest BCUT2D eigenvalue weighted by atomic mass is 10.1. The van der Waals surface area contributed by atoms with Crippen molar-refractivity contribution in [2.24, 2.45) is 0 Å². The third-order valence-corrected chi connectivity index (χ3v) is 3.08. The first kappa shape index (κ1) is 13.6. The topological polar surface area (TPSA) is 111 Å². The van der Waals surface area contributed by atoms with Crippen LogP contribution in [0.1, 0.15) is 11.4 Å². The molecule has 108 valence electrons. The number of aryl methyl sites for hydroxylation is 1. The van der Waals surface area contributed by atoms with E-state index in [1.54, 1.807) is 31.2 Å². The van der Waals surface area contributed by atoms with Gasteiger partial charge in [-0.05, 0) is 19.1 Å². The van der Waals surface area contributed by atoms with E-state index in [-0.39, 0.29) is 5.75 Å². The summed E-state index contributed by atoms with van der Waals surface area (Å²) in [6, 6.07) is 10.7. The monoisotopic (exact) mass is 292 g/mol. The average molecular weight is 292 g/mol. The van der Waals surface area contributed by atoms with Gasteiger partial charge in [0.2, 0.25) is 0 Å². The molecule has 1 aromatic carbocycles. The Labute approximate surface area is 126 Å². The molecule has 0 aliphatic rings. The Bertz CT molecular complexity index is 864. The molecule has 22 heavy (non-hydrogen) atoms. The van der Waals surface area contributed by atoms with E-state index in [1.165, 1.54) is 6.20 Å². The van der Waals surface area contributed by atoms with Crippen LogP contribution in [0.4, 0.5) is 11.6 Å². The predicted molar refractivity (Wildman–Crippen MR) is 80.5 cm³/mol. The normalized spacial score (nSPS) is 10.2. The number of nitrogens with one attached hydrogen (secondary N) is 2. The van der Waals surface area contributed by atoms with Crippen LogP contribution in [0.5, 0.6) is 5.75 Å². The van der Waals surface area contributed by atoms with Gasteiger partial charge in [-0.15, -0.1) is 0 Å². The Morgan fingerprint density at radius 3 is 2.82 bits per heavy atom. The maximum atomic E-state index is 9.84. The number of hydrogen-bond acceptors (Lipinski definition) is 6. The van der Waals surface area contributed by atoms with Crippen molar-refractivity contribution in [2.75, 3.05) is 5.32 Å². The quantitative estimate of drug-likeness (QED) is 0.684. The molecule has 0 bridgehead atoms. The van der Waals surface area contributed by atoms with Gasteiger partial charge in [0, 0.05) is 11.6 Å². The maximum Gasteiger partial charge on any atom is 0.161 e. The van der Waals surface area contributed by atoms with Gasteiger partial charge in [0.15, 0.2) is 11.5 Å². The van der Waals surface area contributed by atoms with Crippen molar-refractivity contribution in [2.45, 2.75) is 6.92 Å². The first-order chi connectivity index (χ1) is 10.7. The van der Waals surface area contributed by atoms with E-state index in [0.717, 1.165) is 0 Å². The summed E-state index contributed by atoms with van der Waals surface area (Å²) >= 11 is 0. The SMILES string of the molecule is Cc1nc(Nc2cc(-c3ccccc3O)[nH]n2)cnc1C#N. The second kappa shape index (κ2) is 5.54. The Kier molecular flexibility index (Phi) is 3.42. The Morgan fingerprint density at radius 2 is 2.09 bits per heavy atom. The number of rotatable bonds is 3. The van der Waals surface area contributed by atoms with Crippen molar-refractivity contribution in [3.8, 4) is 23.1 Å². The number of phenolic OH excluding ortho intramolecular Hbond substituents is 1. The number of aromatic amines is 1. The summed E-state index contributed by atoms with van der Waals surface area (Å²) in [4.78, 5) is 8.25. The summed E-state index contributed by atoms with van der Waals surface area (Å²) in [6.07, 6.45) is 1.47. The minimum atomic E-state index is 0.173. The summed E-state index contributed by atoms with van der Waals surface area (Å²) < 4.78 is 0. The van der Waals surface area contributed by atoms with Gasteiger partial charge >= 0.3 is 0 Å². The second-order valence-electron chi connectivity index (χ2n) is 4.61. The highest BCUT2D eigenvalue weighted by molar-refractivity contribution is 5.69. The highest BCUT2D eigenvalue weighted by atomic mass is 16.3. The fourth-order valence-electron chi connectivity index (χ4n) is 2.01. The molecule has 0 radical (unpaired) electrons. The fourth-order valence-corrected chi connectivity index (χ4v) is 2.01. The number of phenols is 1. The Morgan fingerprint density at radius 1 is 1.27 bits per heavy atom. The summed E-state index contributed by atoms with van der Waals surface area (Å²) in [7, 11) is 0. The van der Waals surface area contributed by atoms with Crippen molar-refractivity contribution >= 4 is 11.6 Å². The molecule has 3 rings (SSSR count). The van der Waals surface area contributed by atoms with Gasteiger partial charge in [0.05, 0.1) is 17.6 Å². The van der Waals surface area contributed by atoms with E-state index >= 15 is 0 Å². The molecule has 0 unspecified atom stereocenters. The first-order valence-electron chi connectivity index (χ1n) is 6.52. The zero-order chi connectivity index (χ0) is 15.5. The molecule has 0 spiro atoms. The third-order valence-electron chi connectivity index (χ3n) is 3.08. The molecule has 3 aromatic rings. The third kappa shape index (κ3) is 2.58. The summed E-state index contributed by atoms with van der Waals surface area (Å²) in [6.45, 7) is 1.72. The number of aromatic hydroxyl groups is 1. The minimum Gasteiger partial charge on any atom is -0.507 e. The fraction of sp³-hybridized carbons (Fsp3) is 0.0667. The van der Waals surface area contributed by atoms with Gasteiger partial charge in [-0.1, -0.05) is 12.1 Å². The van der Waals surface area contributed by atoms with E-state index < -0.39 is 0 Å². The van der Waals surface area contributed by atoms with E-state index in [2.05, 4.69) is 25.5 Å². The van der Waals surface area contributed by atoms with Gasteiger partial charge in [-0.25, -0.2) is 9.97 Å². The first-order valence-corrected chi connectivity index (χ1v) is 6.52. The molecular weight excluding hydrogens is 280 g/mol. The van der Waals surface area contributed by atoms with Gasteiger partial charge in [-0.2, -0.15) is 10.4 Å². The van der Waals surface area contributed by atoms with Crippen LogP contribution < -0.4 is 5.32 Å². The van der Waals surface area contributed by atoms with Crippen molar-refractivity contribution < 1.29 is 5.11 Å². The van der Waals surface area contributed by atoms with Crippen molar-refractivity contribution in [3.63, 3.8) is 0 Å². The van der Waals surface area contributed by atoms with Gasteiger partial charge in [0.25, 0.3) is 0 Å². The number of nitriles is 1. The molecule has 7 heteroatoms. The van der Waals surface area contributed by atoms with Gasteiger partial charge in [0.1, 0.15) is 17.6 Å². The zero-order valence-corrected chi connectivity index (χ0v) is 11.7. The molecule has 2 heterocycles. The Hall–Kier alpha value is -3.40. The van der Waals surface area contributed by atoms with Crippen LogP contribution in [0, 0.1) is 18.3 Å². The van der Waals surface area contributed by atoms with Gasteiger partial charge in [-0.3, -0.25) is 5.10 Å². The second-order valence-corrected chi connectivity index (χ2v) is 4.61. The lowest BCUT2D eigenvalue weighted by molar-refractivity contribution is 0.477. The maximum absolute atomic E-state index is 9.84. The van der Waals surface area contributed by atoms with Crippen molar-refractivity contribution in [3.05, 3.63) is 47.9 Å². The van der Waals surface area contributed by atoms with Crippen LogP contribution in [0.2, 0.25) is 0 Å². The van der Waals surface area contributed by atoms with Crippen LogP contribution in [0.3, 0.4) is 0 Å². The number of para-hydroxylation sites is 1. The summed E-state index contributed by atoms with van der Waals surface area (Å²) in [5, 5.41) is 28.6. The molecule has 0 amide bonds. The molecular formula is C15H12N6O. The highest BCUT2D eigenvalue weighted by Gasteiger charge is 2.09. The van der Waals surface area contributed by atoms with Crippen molar-refractivity contribution in [1.29, 1.82) is 5.26 Å². The smallest absolute Gasteiger partial charge is 0.161 e. The minimum absolute atomic E-state index is 0.173. The van der Waals surface area contributed by atoms with Crippen LogP contribution >= 0.6 is 0 Å². The number of nitrogens with zero attached hydrogens (tertiary/aromatic N) is 4. The molecule has 0 aliphatic heterocycles. The highest BCUT2D eigenvalue weighted by Crippen LogP contribution is 2.28. The lowest BCUT2D eigenvalue weighted by Gasteiger charge is -2.02. The molecule has 0 saturated heterocycles. The molecule has 2 aromatic heterocycles. The largest absolute Gasteiger partial charge is 0.507 e. The van der Waals surface area contributed by atoms with Crippen LogP contribution in [0.15, 0.2) is 36.5 Å². The van der Waals surface area contributed by atoms with Crippen molar-refractivity contribution in [1.82, 2.24) is 20.2 Å². The van der Waals surface area contributed by atoms with E-state index in [0.29, 0.717) is 34.3 Å². The average Bonchev–Trinajstić information content (AvgIpc) is 2.96. The lowest BCUT2D eigenvalue weighted by Crippen LogP contribution is -1.99. The number of aromatic nitrogens is 4. The van der Waals surface area contributed by atoms with E-state index in [1.807, 2.05) is 12.1 Å². The number of hydrogen-bond donors (Lipinski definition) is 3.